The highest BCUT2D eigenvalue weighted by Gasteiger charge is 2.14. The van der Waals surface area contributed by atoms with Crippen LogP contribution in [0.1, 0.15) is 10.4 Å². The zero-order valence-electron chi connectivity index (χ0n) is 11.6. The number of aromatic nitrogens is 1. The Morgan fingerprint density at radius 1 is 1.26 bits per heavy atom. The lowest BCUT2D eigenvalue weighted by Gasteiger charge is -2.07. The van der Waals surface area contributed by atoms with Crippen molar-refractivity contribution in [1.29, 1.82) is 0 Å². The van der Waals surface area contributed by atoms with Crippen LogP contribution < -0.4 is 5.32 Å². The maximum Gasteiger partial charge on any atom is 0.258 e. The third-order valence-corrected chi connectivity index (χ3v) is 5.31. The molecule has 23 heavy (non-hydrogen) atoms. The number of carbonyl (C=O) groups is 1. The Kier molecular flexibility index (Phi) is 5.27. The fourth-order valence-corrected chi connectivity index (χ4v) is 3.63. The predicted molar refractivity (Wildman–Crippen MR) is 102 cm³/mol. The van der Waals surface area contributed by atoms with E-state index in [2.05, 4.69) is 26.2 Å². The van der Waals surface area contributed by atoms with Crippen LogP contribution in [0.2, 0.25) is 4.34 Å². The minimum absolute atomic E-state index is 0.216. The summed E-state index contributed by atoms with van der Waals surface area (Å²) in [4.78, 5) is 17.7. The Morgan fingerprint density at radius 2 is 2.04 bits per heavy atom. The van der Waals surface area contributed by atoms with Crippen LogP contribution >= 0.6 is 50.2 Å². The summed E-state index contributed by atoms with van der Waals surface area (Å²) >= 11 is 12.1. The second-order valence-corrected chi connectivity index (χ2v) is 8.06. The molecular formula is C16H10BrClN2OS2. The van der Waals surface area contributed by atoms with Crippen molar-refractivity contribution < 1.29 is 4.79 Å². The molecule has 2 aromatic heterocycles. The van der Waals surface area contributed by atoms with Crippen molar-refractivity contribution in [3.63, 3.8) is 0 Å². The number of thiazole rings is 1. The summed E-state index contributed by atoms with van der Waals surface area (Å²) in [5.74, 6) is -0.216. The van der Waals surface area contributed by atoms with Gasteiger partial charge in [0.05, 0.1) is 6.20 Å². The van der Waals surface area contributed by atoms with Crippen molar-refractivity contribution in [3.05, 3.63) is 67.2 Å². The topological polar surface area (TPSA) is 42.0 Å². The van der Waals surface area contributed by atoms with Crippen LogP contribution in [-0.2, 0) is 4.79 Å². The van der Waals surface area contributed by atoms with Crippen molar-refractivity contribution >= 4 is 72.9 Å². The SMILES string of the molecule is O=C(Nc1ncc(Cl)s1)C(=Cc1cccs1)c1ccc(Br)cc1. The van der Waals surface area contributed by atoms with Crippen molar-refractivity contribution in [3.8, 4) is 0 Å². The summed E-state index contributed by atoms with van der Waals surface area (Å²) in [6.07, 6.45) is 3.39. The molecule has 0 aliphatic rings. The summed E-state index contributed by atoms with van der Waals surface area (Å²) < 4.78 is 1.50. The molecule has 0 saturated heterocycles. The highest BCUT2D eigenvalue weighted by molar-refractivity contribution is 9.10. The minimum Gasteiger partial charge on any atom is -0.298 e. The average Bonchev–Trinajstić information content (AvgIpc) is 3.17. The molecule has 1 N–H and O–H groups in total. The first kappa shape index (κ1) is 16.4. The Bertz CT molecular complexity index is 841. The molecule has 3 nitrogen and oxygen atoms in total. The lowest BCUT2D eigenvalue weighted by molar-refractivity contribution is -0.111. The zero-order valence-corrected chi connectivity index (χ0v) is 15.6. The molecule has 3 rings (SSSR count). The molecular weight excluding hydrogens is 416 g/mol. The third-order valence-electron chi connectivity index (χ3n) is 2.93. The standard InChI is InChI=1S/C16H10BrClN2OS2/c17-11-5-3-10(4-6-11)13(8-12-2-1-7-22-12)15(21)20-16-19-9-14(18)23-16/h1-9H,(H,19,20,21). The van der Waals surface area contributed by atoms with Gasteiger partial charge in [-0.25, -0.2) is 4.98 Å². The monoisotopic (exact) mass is 424 g/mol. The summed E-state index contributed by atoms with van der Waals surface area (Å²) in [6.45, 7) is 0. The van der Waals surface area contributed by atoms with Gasteiger partial charge in [0.1, 0.15) is 4.34 Å². The summed E-state index contributed by atoms with van der Waals surface area (Å²) in [7, 11) is 0. The Morgan fingerprint density at radius 3 is 2.65 bits per heavy atom. The molecule has 116 valence electrons. The number of amides is 1. The van der Waals surface area contributed by atoms with E-state index < -0.39 is 0 Å². The second-order valence-electron chi connectivity index (χ2n) is 4.50. The molecule has 0 atom stereocenters. The number of hydrogen-bond donors (Lipinski definition) is 1. The van der Waals surface area contributed by atoms with Crippen molar-refractivity contribution in [2.45, 2.75) is 0 Å². The van der Waals surface area contributed by atoms with Crippen LogP contribution in [-0.4, -0.2) is 10.9 Å². The van der Waals surface area contributed by atoms with Crippen LogP contribution in [0.3, 0.4) is 0 Å². The molecule has 0 unspecified atom stereocenters. The quantitative estimate of drug-likeness (QED) is 0.537. The molecule has 0 fully saturated rings. The minimum atomic E-state index is -0.216. The van der Waals surface area contributed by atoms with E-state index in [0.717, 1.165) is 14.9 Å². The van der Waals surface area contributed by atoms with Gasteiger partial charge < -0.3 is 0 Å². The van der Waals surface area contributed by atoms with Gasteiger partial charge in [-0.15, -0.1) is 11.3 Å². The van der Waals surface area contributed by atoms with Crippen LogP contribution in [0.15, 0.2) is 52.4 Å². The van der Waals surface area contributed by atoms with Gasteiger partial charge in [0.25, 0.3) is 5.91 Å². The lowest BCUT2D eigenvalue weighted by atomic mass is 10.0. The third kappa shape index (κ3) is 4.29. The first-order valence-corrected chi connectivity index (χ1v) is 9.42. The first-order chi connectivity index (χ1) is 11.1. The van der Waals surface area contributed by atoms with Gasteiger partial charge in [-0.3, -0.25) is 10.1 Å². The van der Waals surface area contributed by atoms with Crippen LogP contribution in [0, 0.1) is 0 Å². The largest absolute Gasteiger partial charge is 0.298 e. The first-order valence-electron chi connectivity index (χ1n) is 6.55. The maximum atomic E-state index is 12.7. The fraction of sp³-hybridized carbons (Fsp3) is 0. The average molecular weight is 426 g/mol. The number of nitrogens with zero attached hydrogens (tertiary/aromatic N) is 1. The molecule has 0 saturated carbocycles. The molecule has 0 radical (unpaired) electrons. The molecule has 7 heteroatoms. The van der Waals surface area contributed by atoms with Crippen LogP contribution in [0.4, 0.5) is 5.13 Å². The molecule has 2 heterocycles. The maximum absolute atomic E-state index is 12.7. The van der Waals surface area contributed by atoms with Gasteiger partial charge in [-0.2, -0.15) is 0 Å². The Labute approximate surface area is 154 Å². The van der Waals surface area contributed by atoms with Crippen LogP contribution in [0.25, 0.3) is 11.6 Å². The number of halogens is 2. The van der Waals surface area contributed by atoms with E-state index in [1.807, 2.05) is 47.9 Å². The number of anilines is 1. The van der Waals surface area contributed by atoms with E-state index in [-0.39, 0.29) is 5.91 Å². The molecule has 1 amide bonds. The fourth-order valence-electron chi connectivity index (χ4n) is 1.90. The Hall–Kier alpha value is -1.47. The number of carbonyl (C=O) groups excluding carboxylic acids is 1. The number of rotatable bonds is 4. The summed E-state index contributed by atoms with van der Waals surface area (Å²) in [6, 6.07) is 11.5. The van der Waals surface area contributed by atoms with Gasteiger partial charge >= 0.3 is 0 Å². The number of nitrogens with one attached hydrogen (secondary N) is 1. The van der Waals surface area contributed by atoms with Gasteiger partial charge in [0, 0.05) is 14.9 Å². The molecule has 0 spiro atoms. The Balaban J connectivity index is 1.94. The second kappa shape index (κ2) is 7.40. The number of thiophene rings is 1. The van der Waals surface area contributed by atoms with Gasteiger partial charge in [0.2, 0.25) is 0 Å². The van der Waals surface area contributed by atoms with E-state index in [1.54, 1.807) is 11.3 Å². The zero-order chi connectivity index (χ0) is 16.2. The smallest absolute Gasteiger partial charge is 0.258 e. The highest BCUT2D eigenvalue weighted by atomic mass is 79.9. The van der Waals surface area contributed by atoms with E-state index in [0.29, 0.717) is 15.0 Å². The van der Waals surface area contributed by atoms with Crippen molar-refractivity contribution in [2.24, 2.45) is 0 Å². The van der Waals surface area contributed by atoms with E-state index in [1.165, 1.54) is 17.5 Å². The normalized spacial score (nSPS) is 11.5. The van der Waals surface area contributed by atoms with E-state index in [4.69, 9.17) is 11.6 Å². The molecule has 0 aliphatic heterocycles. The highest BCUT2D eigenvalue weighted by Crippen LogP contribution is 2.27. The molecule has 1 aromatic carbocycles. The summed E-state index contributed by atoms with van der Waals surface area (Å²) in [5, 5.41) is 5.25. The van der Waals surface area contributed by atoms with E-state index >= 15 is 0 Å². The summed E-state index contributed by atoms with van der Waals surface area (Å²) in [5.41, 5.74) is 1.41. The van der Waals surface area contributed by atoms with Gasteiger partial charge in [-0.05, 0) is 35.2 Å². The molecule has 0 aliphatic carbocycles. The van der Waals surface area contributed by atoms with E-state index in [9.17, 15) is 4.79 Å². The van der Waals surface area contributed by atoms with Crippen molar-refractivity contribution in [1.82, 2.24) is 4.98 Å². The van der Waals surface area contributed by atoms with Crippen molar-refractivity contribution in [2.75, 3.05) is 5.32 Å². The van der Waals surface area contributed by atoms with Gasteiger partial charge in [-0.1, -0.05) is 57.1 Å². The molecule has 3 aromatic rings. The van der Waals surface area contributed by atoms with Crippen LogP contribution in [0.5, 0.6) is 0 Å². The molecule has 0 bridgehead atoms. The number of hydrogen-bond acceptors (Lipinski definition) is 4. The number of benzene rings is 1. The van der Waals surface area contributed by atoms with Gasteiger partial charge in [0.15, 0.2) is 5.13 Å². The predicted octanol–water partition coefficient (Wildman–Crippen LogP) is 5.80. The lowest BCUT2D eigenvalue weighted by Crippen LogP contribution is -2.13.